The Kier molecular flexibility index (Phi) is 4.88. The Morgan fingerprint density at radius 3 is 1.87 bits per heavy atom. The molecule has 5 heteroatoms. The number of thioether (sulfide) groups is 1. The first kappa shape index (κ1) is 15.5. The van der Waals surface area contributed by atoms with E-state index in [2.05, 4.69) is 10.3 Å². The van der Waals surface area contributed by atoms with Crippen molar-refractivity contribution in [2.75, 3.05) is 13.1 Å². The van der Waals surface area contributed by atoms with Crippen LogP contribution in [0.4, 0.5) is 0 Å². The smallest absolute Gasteiger partial charge is 0.184 e. The number of hydrogen-bond acceptors (Lipinski definition) is 5. The lowest BCUT2D eigenvalue weighted by Gasteiger charge is -2.15. The number of hydrogen-bond donors (Lipinski definition) is 1. The Bertz CT molecular complexity index is 678. The summed E-state index contributed by atoms with van der Waals surface area (Å²) in [6.07, 6.45) is 0. The molecular weight excluding hydrogens is 308 g/mol. The molecule has 116 valence electrons. The van der Waals surface area contributed by atoms with Crippen LogP contribution in [0.15, 0.2) is 65.7 Å². The number of benzene rings is 2. The van der Waals surface area contributed by atoms with E-state index in [1.54, 1.807) is 48.5 Å². The van der Waals surface area contributed by atoms with Crippen molar-refractivity contribution in [2.24, 2.45) is 4.99 Å². The second-order valence-corrected chi connectivity index (χ2v) is 6.17. The van der Waals surface area contributed by atoms with E-state index in [0.717, 1.165) is 6.54 Å². The van der Waals surface area contributed by atoms with Gasteiger partial charge in [-0.05, 0) is 0 Å². The second kappa shape index (κ2) is 7.24. The lowest BCUT2D eigenvalue weighted by Crippen LogP contribution is -2.31. The highest BCUT2D eigenvalue weighted by Gasteiger charge is 2.31. The summed E-state index contributed by atoms with van der Waals surface area (Å²) in [5, 5.41) is 2.93. The number of amidine groups is 1. The Labute approximate surface area is 139 Å². The molecule has 0 atom stereocenters. The molecular formula is C18H16N2O2S. The highest BCUT2D eigenvalue weighted by Crippen LogP contribution is 2.23. The predicted molar refractivity (Wildman–Crippen MR) is 93.2 cm³/mol. The number of nitrogens with one attached hydrogen (secondary N) is 1. The van der Waals surface area contributed by atoms with E-state index in [4.69, 9.17) is 0 Å². The number of carbonyl (C=O) groups is 2. The number of Topliss-reactive ketones (excluding diaryl/α,β-unsaturated/α-hetero) is 2. The van der Waals surface area contributed by atoms with Crippen molar-refractivity contribution in [3.8, 4) is 0 Å². The molecule has 1 heterocycles. The summed E-state index contributed by atoms with van der Waals surface area (Å²) < 4.78 is 0. The summed E-state index contributed by atoms with van der Waals surface area (Å²) >= 11 is 1.20. The Balaban J connectivity index is 1.90. The Morgan fingerprint density at radius 1 is 0.913 bits per heavy atom. The molecule has 0 saturated carbocycles. The third-order valence-corrected chi connectivity index (χ3v) is 4.63. The highest BCUT2D eigenvalue weighted by atomic mass is 32.2. The fourth-order valence-corrected chi connectivity index (χ4v) is 3.36. The lowest BCUT2D eigenvalue weighted by atomic mass is 10.0. The molecule has 4 nitrogen and oxygen atoms in total. The van der Waals surface area contributed by atoms with Crippen molar-refractivity contribution in [1.29, 1.82) is 0 Å². The van der Waals surface area contributed by atoms with Gasteiger partial charge in [0.2, 0.25) is 0 Å². The molecule has 1 aliphatic rings. The van der Waals surface area contributed by atoms with Crippen LogP contribution in [-0.2, 0) is 0 Å². The van der Waals surface area contributed by atoms with Gasteiger partial charge < -0.3 is 5.32 Å². The summed E-state index contributed by atoms with van der Waals surface area (Å²) in [5.74, 6) is -0.387. The SMILES string of the molecule is O=C(c1ccccc1)C(SC1=NCCN1)C(=O)c1ccccc1. The molecule has 0 unspecified atom stereocenters. The van der Waals surface area contributed by atoms with Crippen molar-refractivity contribution in [3.63, 3.8) is 0 Å². The molecule has 0 fully saturated rings. The predicted octanol–water partition coefficient (Wildman–Crippen LogP) is 2.81. The molecule has 0 aliphatic carbocycles. The summed E-state index contributed by atoms with van der Waals surface area (Å²) in [7, 11) is 0. The van der Waals surface area contributed by atoms with Crippen LogP contribution in [0.3, 0.4) is 0 Å². The fraction of sp³-hybridized carbons (Fsp3) is 0.167. The maximum Gasteiger partial charge on any atom is 0.184 e. The summed E-state index contributed by atoms with van der Waals surface area (Å²) in [4.78, 5) is 29.9. The van der Waals surface area contributed by atoms with Crippen molar-refractivity contribution in [1.82, 2.24) is 5.32 Å². The molecule has 23 heavy (non-hydrogen) atoms. The molecule has 0 aromatic heterocycles. The minimum atomic E-state index is -0.829. The average Bonchev–Trinajstić information content (AvgIpc) is 3.13. The maximum atomic E-state index is 12.8. The van der Waals surface area contributed by atoms with Crippen molar-refractivity contribution >= 4 is 28.5 Å². The van der Waals surface area contributed by atoms with Crippen molar-refractivity contribution < 1.29 is 9.59 Å². The molecule has 0 bridgehead atoms. The summed E-state index contributed by atoms with van der Waals surface area (Å²) in [5.41, 5.74) is 1.07. The normalized spacial score (nSPS) is 13.5. The topological polar surface area (TPSA) is 58.5 Å². The molecule has 0 saturated heterocycles. The zero-order chi connectivity index (χ0) is 16.1. The van der Waals surface area contributed by atoms with Crippen LogP contribution in [0.1, 0.15) is 20.7 Å². The first-order chi connectivity index (χ1) is 11.3. The van der Waals surface area contributed by atoms with E-state index in [-0.39, 0.29) is 11.6 Å². The van der Waals surface area contributed by atoms with Gasteiger partial charge >= 0.3 is 0 Å². The van der Waals surface area contributed by atoms with Gasteiger partial charge in [0.25, 0.3) is 0 Å². The van der Waals surface area contributed by atoms with Crippen molar-refractivity contribution in [3.05, 3.63) is 71.8 Å². The Morgan fingerprint density at radius 2 is 1.43 bits per heavy atom. The monoisotopic (exact) mass is 324 g/mol. The molecule has 1 aliphatic heterocycles. The maximum absolute atomic E-state index is 12.8. The largest absolute Gasteiger partial charge is 0.363 e. The number of nitrogens with zero attached hydrogens (tertiary/aromatic N) is 1. The first-order valence-electron chi connectivity index (χ1n) is 7.39. The number of ketones is 2. The standard InChI is InChI=1S/C18H16N2O2S/c21-15(13-7-3-1-4-8-13)17(23-18-19-11-12-20-18)16(22)14-9-5-2-6-10-14/h1-10,17H,11-12H2,(H,19,20). The zero-order valence-corrected chi connectivity index (χ0v) is 13.3. The van der Waals surface area contributed by atoms with Crippen molar-refractivity contribution in [2.45, 2.75) is 5.25 Å². The third kappa shape index (κ3) is 3.68. The third-order valence-electron chi connectivity index (χ3n) is 3.47. The molecule has 0 amide bonds. The van der Waals surface area contributed by atoms with Gasteiger partial charge in [0.05, 0.1) is 6.54 Å². The van der Waals surface area contributed by atoms with Crippen LogP contribution in [0.5, 0.6) is 0 Å². The van der Waals surface area contributed by atoms with E-state index in [0.29, 0.717) is 22.8 Å². The van der Waals surface area contributed by atoms with Crippen LogP contribution >= 0.6 is 11.8 Å². The van der Waals surface area contributed by atoms with Gasteiger partial charge in [-0.1, -0.05) is 72.4 Å². The van der Waals surface area contributed by atoms with Gasteiger partial charge in [-0.25, -0.2) is 0 Å². The van der Waals surface area contributed by atoms with E-state index in [1.807, 2.05) is 12.1 Å². The van der Waals surface area contributed by atoms with E-state index < -0.39 is 5.25 Å². The molecule has 0 radical (unpaired) electrons. The number of rotatable bonds is 5. The average molecular weight is 324 g/mol. The van der Waals surface area contributed by atoms with Crippen LogP contribution in [0.25, 0.3) is 0 Å². The van der Waals surface area contributed by atoms with E-state index >= 15 is 0 Å². The van der Waals surface area contributed by atoms with Gasteiger partial charge in [-0.2, -0.15) is 0 Å². The van der Waals surface area contributed by atoms with Gasteiger partial charge in [-0.3, -0.25) is 14.6 Å². The van der Waals surface area contributed by atoms with E-state index in [9.17, 15) is 9.59 Å². The lowest BCUT2D eigenvalue weighted by molar-refractivity contribution is 0.0904. The minimum Gasteiger partial charge on any atom is -0.363 e. The van der Waals surface area contributed by atoms with Gasteiger partial charge in [0, 0.05) is 17.7 Å². The highest BCUT2D eigenvalue weighted by molar-refractivity contribution is 8.15. The minimum absolute atomic E-state index is 0.194. The van der Waals surface area contributed by atoms with Crippen LogP contribution in [0, 0.1) is 0 Å². The van der Waals surface area contributed by atoms with Crippen LogP contribution < -0.4 is 5.32 Å². The van der Waals surface area contributed by atoms with Crippen LogP contribution in [0.2, 0.25) is 0 Å². The first-order valence-corrected chi connectivity index (χ1v) is 8.27. The number of aliphatic imine (C=N–C) groups is 1. The summed E-state index contributed by atoms with van der Waals surface area (Å²) in [6, 6.07) is 17.8. The molecule has 2 aromatic rings. The van der Waals surface area contributed by atoms with Gasteiger partial charge in [0.1, 0.15) is 5.25 Å². The molecule has 0 spiro atoms. The van der Waals surface area contributed by atoms with E-state index in [1.165, 1.54) is 11.8 Å². The molecule has 2 aromatic carbocycles. The Hall–Kier alpha value is -2.40. The zero-order valence-electron chi connectivity index (χ0n) is 12.4. The molecule has 1 N–H and O–H groups in total. The van der Waals surface area contributed by atoms with Crippen LogP contribution in [-0.4, -0.2) is 35.1 Å². The summed E-state index contributed by atoms with van der Waals surface area (Å²) in [6.45, 7) is 1.42. The quantitative estimate of drug-likeness (QED) is 0.679. The second-order valence-electron chi connectivity index (χ2n) is 5.07. The fourth-order valence-electron chi connectivity index (χ4n) is 2.30. The van der Waals surface area contributed by atoms with Gasteiger partial charge in [0.15, 0.2) is 16.7 Å². The van der Waals surface area contributed by atoms with Gasteiger partial charge in [-0.15, -0.1) is 0 Å². The molecule has 3 rings (SSSR count). The number of carbonyl (C=O) groups excluding carboxylic acids is 2.